The monoisotopic (exact) mass is 304 g/mol. The van der Waals surface area contributed by atoms with Gasteiger partial charge in [0.25, 0.3) is 5.91 Å². The molecule has 0 radical (unpaired) electrons. The quantitative estimate of drug-likeness (QED) is 0.877. The average Bonchev–Trinajstić information content (AvgIpc) is 2.93. The predicted octanol–water partition coefficient (Wildman–Crippen LogP) is 1.56. The molecule has 0 aliphatic rings. The number of hydrogen-bond acceptors (Lipinski definition) is 5. The summed E-state index contributed by atoms with van der Waals surface area (Å²) in [5.41, 5.74) is 6.28. The van der Waals surface area contributed by atoms with Crippen LogP contribution in [0, 0.1) is 0 Å². The number of nitrogens with two attached hydrogens (primary N) is 1. The Morgan fingerprint density at radius 1 is 1.33 bits per heavy atom. The second kappa shape index (κ2) is 6.36. The molecule has 0 fully saturated rings. The SMILES string of the molecule is CN(C)C(=O)c1ccnc(NCc2cc(C(N)=O)cs2)c1. The molecule has 2 aromatic rings. The van der Waals surface area contributed by atoms with Crippen molar-refractivity contribution < 1.29 is 9.59 Å². The maximum Gasteiger partial charge on any atom is 0.253 e. The molecular formula is C14H16N4O2S. The van der Waals surface area contributed by atoms with E-state index in [9.17, 15) is 9.59 Å². The van der Waals surface area contributed by atoms with E-state index in [1.165, 1.54) is 16.2 Å². The third-order valence-corrected chi connectivity index (χ3v) is 3.73. The zero-order valence-electron chi connectivity index (χ0n) is 11.8. The van der Waals surface area contributed by atoms with Gasteiger partial charge in [-0.1, -0.05) is 0 Å². The van der Waals surface area contributed by atoms with Crippen molar-refractivity contribution in [3.05, 3.63) is 45.8 Å². The van der Waals surface area contributed by atoms with Crippen LogP contribution in [-0.2, 0) is 6.54 Å². The van der Waals surface area contributed by atoms with Gasteiger partial charge in [-0.2, -0.15) is 0 Å². The van der Waals surface area contributed by atoms with Crippen molar-refractivity contribution in [3.63, 3.8) is 0 Å². The van der Waals surface area contributed by atoms with E-state index in [-0.39, 0.29) is 5.91 Å². The van der Waals surface area contributed by atoms with E-state index in [0.717, 1.165) is 4.88 Å². The van der Waals surface area contributed by atoms with E-state index in [1.807, 2.05) is 0 Å². The molecule has 0 aromatic carbocycles. The number of aromatic nitrogens is 1. The smallest absolute Gasteiger partial charge is 0.253 e. The largest absolute Gasteiger partial charge is 0.366 e. The molecule has 0 aliphatic heterocycles. The fraction of sp³-hybridized carbons (Fsp3) is 0.214. The van der Waals surface area contributed by atoms with Gasteiger partial charge >= 0.3 is 0 Å². The number of thiophene rings is 1. The molecule has 0 aliphatic carbocycles. The summed E-state index contributed by atoms with van der Waals surface area (Å²) in [5.74, 6) is 0.0958. The number of anilines is 1. The number of nitrogens with zero attached hydrogens (tertiary/aromatic N) is 2. The van der Waals surface area contributed by atoms with Gasteiger partial charge in [-0.3, -0.25) is 9.59 Å². The molecule has 3 N–H and O–H groups in total. The summed E-state index contributed by atoms with van der Waals surface area (Å²) in [4.78, 5) is 29.5. The zero-order chi connectivity index (χ0) is 15.4. The van der Waals surface area contributed by atoms with Gasteiger partial charge in [-0.05, 0) is 18.2 Å². The maximum absolute atomic E-state index is 11.9. The fourth-order valence-electron chi connectivity index (χ4n) is 1.70. The number of rotatable bonds is 5. The highest BCUT2D eigenvalue weighted by Gasteiger charge is 2.09. The van der Waals surface area contributed by atoms with Crippen molar-refractivity contribution in [2.45, 2.75) is 6.54 Å². The lowest BCUT2D eigenvalue weighted by Gasteiger charge is -2.11. The molecule has 110 valence electrons. The molecule has 0 saturated heterocycles. The molecule has 21 heavy (non-hydrogen) atoms. The summed E-state index contributed by atoms with van der Waals surface area (Å²) in [6.07, 6.45) is 1.59. The molecule has 0 spiro atoms. The third-order valence-electron chi connectivity index (χ3n) is 2.80. The zero-order valence-corrected chi connectivity index (χ0v) is 12.6. The van der Waals surface area contributed by atoms with Gasteiger partial charge in [0.1, 0.15) is 5.82 Å². The van der Waals surface area contributed by atoms with Crippen LogP contribution in [0.5, 0.6) is 0 Å². The van der Waals surface area contributed by atoms with Crippen molar-refractivity contribution in [2.75, 3.05) is 19.4 Å². The third kappa shape index (κ3) is 3.79. The van der Waals surface area contributed by atoms with Gasteiger partial charge in [-0.25, -0.2) is 4.98 Å². The normalized spacial score (nSPS) is 10.2. The predicted molar refractivity (Wildman–Crippen MR) is 82.4 cm³/mol. The van der Waals surface area contributed by atoms with E-state index in [0.29, 0.717) is 23.5 Å². The van der Waals surface area contributed by atoms with Crippen molar-refractivity contribution in [3.8, 4) is 0 Å². The van der Waals surface area contributed by atoms with E-state index in [4.69, 9.17) is 5.73 Å². The van der Waals surface area contributed by atoms with Crippen LogP contribution < -0.4 is 11.1 Å². The number of amides is 2. The molecule has 0 unspecified atom stereocenters. The highest BCUT2D eigenvalue weighted by Crippen LogP contribution is 2.16. The number of carbonyl (C=O) groups is 2. The Bertz CT molecular complexity index is 666. The van der Waals surface area contributed by atoms with Gasteiger partial charge < -0.3 is 16.0 Å². The second-order valence-corrected chi connectivity index (χ2v) is 5.64. The van der Waals surface area contributed by atoms with Gasteiger partial charge in [0.2, 0.25) is 5.91 Å². The lowest BCUT2D eigenvalue weighted by molar-refractivity contribution is 0.0827. The summed E-state index contributed by atoms with van der Waals surface area (Å²) in [5, 5.41) is 4.84. The molecular weight excluding hydrogens is 288 g/mol. The van der Waals surface area contributed by atoms with Crippen LogP contribution in [0.2, 0.25) is 0 Å². The number of pyridine rings is 1. The Hall–Kier alpha value is -2.41. The average molecular weight is 304 g/mol. The highest BCUT2D eigenvalue weighted by molar-refractivity contribution is 7.10. The van der Waals surface area contributed by atoms with Gasteiger partial charge in [0, 0.05) is 36.1 Å². The Morgan fingerprint density at radius 2 is 2.10 bits per heavy atom. The molecule has 7 heteroatoms. The second-order valence-electron chi connectivity index (χ2n) is 4.65. The topological polar surface area (TPSA) is 88.3 Å². The molecule has 0 bridgehead atoms. The molecule has 2 rings (SSSR count). The Morgan fingerprint density at radius 3 is 2.71 bits per heavy atom. The van der Waals surface area contributed by atoms with E-state index in [2.05, 4.69) is 10.3 Å². The first kappa shape index (κ1) is 15.0. The van der Waals surface area contributed by atoms with Crippen LogP contribution in [0.4, 0.5) is 5.82 Å². The molecule has 0 saturated carbocycles. The van der Waals surface area contributed by atoms with Crippen LogP contribution in [0.3, 0.4) is 0 Å². The van der Waals surface area contributed by atoms with Crippen molar-refractivity contribution in [1.82, 2.24) is 9.88 Å². The van der Waals surface area contributed by atoms with Crippen molar-refractivity contribution >= 4 is 29.0 Å². The maximum atomic E-state index is 11.9. The molecule has 2 amide bonds. The van der Waals surface area contributed by atoms with E-state index < -0.39 is 5.91 Å². The van der Waals surface area contributed by atoms with Gasteiger partial charge in [-0.15, -0.1) is 11.3 Å². The van der Waals surface area contributed by atoms with Crippen molar-refractivity contribution in [2.24, 2.45) is 5.73 Å². The highest BCUT2D eigenvalue weighted by atomic mass is 32.1. The summed E-state index contributed by atoms with van der Waals surface area (Å²) in [6.45, 7) is 0.518. The van der Waals surface area contributed by atoms with Crippen LogP contribution in [0.1, 0.15) is 25.6 Å². The van der Waals surface area contributed by atoms with Gasteiger partial charge in [0.15, 0.2) is 0 Å². The standard InChI is InChI=1S/C14H16N4O2S/c1-18(2)14(20)9-3-4-16-12(6-9)17-7-11-5-10(8-21-11)13(15)19/h3-6,8H,7H2,1-2H3,(H2,15,19)(H,16,17). The fourth-order valence-corrected chi connectivity index (χ4v) is 2.51. The first-order valence-corrected chi connectivity index (χ1v) is 7.14. The number of carbonyl (C=O) groups excluding carboxylic acids is 2. The Kier molecular flexibility index (Phi) is 4.54. The molecule has 6 nitrogen and oxygen atoms in total. The Labute approximate surface area is 126 Å². The van der Waals surface area contributed by atoms with Crippen LogP contribution in [0.15, 0.2) is 29.8 Å². The minimum atomic E-state index is -0.436. The summed E-state index contributed by atoms with van der Waals surface area (Å²) < 4.78 is 0. The summed E-state index contributed by atoms with van der Waals surface area (Å²) in [6, 6.07) is 5.11. The van der Waals surface area contributed by atoms with Crippen molar-refractivity contribution in [1.29, 1.82) is 0 Å². The summed E-state index contributed by atoms with van der Waals surface area (Å²) >= 11 is 1.45. The Balaban J connectivity index is 2.04. The first-order chi connectivity index (χ1) is 9.97. The molecule has 2 heterocycles. The number of hydrogen-bond donors (Lipinski definition) is 2. The number of nitrogens with one attached hydrogen (secondary N) is 1. The molecule has 0 atom stereocenters. The van der Waals surface area contributed by atoms with Crippen LogP contribution in [-0.4, -0.2) is 35.8 Å². The molecule has 2 aromatic heterocycles. The van der Waals surface area contributed by atoms with Crippen LogP contribution >= 0.6 is 11.3 Å². The summed E-state index contributed by atoms with van der Waals surface area (Å²) in [7, 11) is 3.40. The minimum Gasteiger partial charge on any atom is -0.366 e. The number of primary amides is 1. The van der Waals surface area contributed by atoms with E-state index >= 15 is 0 Å². The minimum absolute atomic E-state index is 0.0763. The van der Waals surface area contributed by atoms with Crippen LogP contribution in [0.25, 0.3) is 0 Å². The first-order valence-electron chi connectivity index (χ1n) is 6.26. The lowest BCUT2D eigenvalue weighted by Crippen LogP contribution is -2.21. The van der Waals surface area contributed by atoms with Gasteiger partial charge in [0.05, 0.1) is 12.1 Å². The lowest BCUT2D eigenvalue weighted by atomic mass is 10.2. The van der Waals surface area contributed by atoms with E-state index in [1.54, 1.807) is 43.9 Å².